The second-order valence-corrected chi connectivity index (χ2v) is 10.6. The average molecular weight is 417 g/mol. The molecule has 1 saturated heterocycles. The summed E-state index contributed by atoms with van der Waals surface area (Å²) in [5, 5.41) is 10.4. The van der Waals surface area contributed by atoms with E-state index in [1.54, 1.807) is 69.2 Å². The van der Waals surface area contributed by atoms with Crippen LogP contribution in [0.1, 0.15) is 69.2 Å². The molecule has 1 N–H and O–H groups in total. The minimum absolute atomic E-state index is 0.535. The zero-order valence-corrected chi connectivity index (χ0v) is 19.2. The maximum absolute atomic E-state index is 12.6. The lowest BCUT2D eigenvalue weighted by Gasteiger charge is -2.43. The van der Waals surface area contributed by atoms with E-state index in [1.807, 2.05) is 0 Å². The summed E-state index contributed by atoms with van der Waals surface area (Å²) >= 11 is 0. The van der Waals surface area contributed by atoms with Crippen molar-refractivity contribution < 1.29 is 38.4 Å². The largest absolute Gasteiger partial charge is 0.455 e. The average Bonchev–Trinajstić information content (AvgIpc) is 2.51. The fourth-order valence-electron chi connectivity index (χ4n) is 2.31. The van der Waals surface area contributed by atoms with Crippen LogP contribution >= 0.6 is 0 Å². The van der Waals surface area contributed by atoms with Gasteiger partial charge in [0.05, 0.1) is 22.3 Å². The van der Waals surface area contributed by atoms with Gasteiger partial charge in [0.15, 0.2) is 24.6 Å². The van der Waals surface area contributed by atoms with Crippen LogP contribution in [0.2, 0.25) is 0 Å². The van der Waals surface area contributed by atoms with Crippen LogP contribution in [0.3, 0.4) is 0 Å². The molecule has 0 saturated carbocycles. The third-order valence-electron chi connectivity index (χ3n) is 4.31. The fraction of sp³-hybridized carbons (Fsp3) is 0.857. The van der Waals surface area contributed by atoms with Gasteiger partial charge in [-0.2, -0.15) is 0 Å². The molecule has 0 amide bonds. The molecule has 1 aliphatic rings. The highest BCUT2D eigenvalue weighted by molar-refractivity contribution is 5.77. The molecule has 0 aromatic rings. The Morgan fingerprint density at radius 2 is 0.966 bits per heavy atom. The molecule has 1 heterocycles. The van der Waals surface area contributed by atoms with Crippen LogP contribution in [0.4, 0.5) is 0 Å². The van der Waals surface area contributed by atoms with Crippen molar-refractivity contribution in [2.75, 3.05) is 0 Å². The van der Waals surface area contributed by atoms with Crippen molar-refractivity contribution in [1.82, 2.24) is 0 Å². The van der Waals surface area contributed by atoms with E-state index in [9.17, 15) is 19.5 Å². The number of aliphatic hydroxyl groups is 1. The summed E-state index contributed by atoms with van der Waals surface area (Å²) in [7, 11) is 0. The first-order valence-corrected chi connectivity index (χ1v) is 9.82. The first kappa shape index (κ1) is 25.4. The minimum atomic E-state index is -1.54. The second kappa shape index (κ2) is 8.60. The number of carbonyl (C=O) groups is 3. The van der Waals surface area contributed by atoms with Crippen LogP contribution < -0.4 is 0 Å². The minimum Gasteiger partial charge on any atom is -0.455 e. The molecule has 0 aromatic heterocycles. The number of esters is 3. The molecular formula is C21H36O8. The molecule has 0 bridgehead atoms. The van der Waals surface area contributed by atoms with Gasteiger partial charge >= 0.3 is 17.9 Å². The lowest BCUT2D eigenvalue weighted by molar-refractivity contribution is -0.293. The topological polar surface area (TPSA) is 108 Å². The van der Waals surface area contributed by atoms with Gasteiger partial charge in [-0.05, 0) is 69.2 Å². The molecule has 0 radical (unpaired) electrons. The number of carbonyl (C=O) groups excluding carboxylic acids is 3. The van der Waals surface area contributed by atoms with Gasteiger partial charge in [-0.25, -0.2) is 0 Å². The van der Waals surface area contributed by atoms with Crippen molar-refractivity contribution in [3.05, 3.63) is 0 Å². The zero-order chi connectivity index (χ0) is 22.9. The Balaban J connectivity index is 3.29. The first-order valence-electron chi connectivity index (χ1n) is 9.82. The van der Waals surface area contributed by atoms with E-state index in [1.165, 1.54) is 0 Å². The molecular weight excluding hydrogens is 380 g/mol. The molecule has 29 heavy (non-hydrogen) atoms. The van der Waals surface area contributed by atoms with Gasteiger partial charge in [0.25, 0.3) is 0 Å². The predicted octanol–water partition coefficient (Wildman–Crippen LogP) is 2.60. The summed E-state index contributed by atoms with van der Waals surface area (Å²) in [5.74, 6) is -1.73. The second-order valence-electron chi connectivity index (χ2n) is 10.6. The molecule has 5 atom stereocenters. The van der Waals surface area contributed by atoms with Crippen LogP contribution in [-0.2, 0) is 33.3 Å². The summed E-state index contributed by atoms with van der Waals surface area (Å²) in [6, 6.07) is 0. The summed E-state index contributed by atoms with van der Waals surface area (Å²) < 4.78 is 22.1. The Morgan fingerprint density at radius 3 is 1.31 bits per heavy atom. The number of aliphatic hydroxyl groups excluding tert-OH is 1. The standard InChI is InChI=1S/C21H36O8/c1-11-12(27-16(23)19(2,3)4)13(28-17(24)20(5,6)7)14(15(22)26-11)29-18(25)21(8,9)10/h11-15,22H,1-10H3/t11-,12-,13+,14+,15?/m1/s1. The van der Waals surface area contributed by atoms with E-state index in [-0.39, 0.29) is 0 Å². The number of hydrogen-bond donors (Lipinski definition) is 1. The van der Waals surface area contributed by atoms with Crippen LogP contribution in [0, 0.1) is 16.2 Å². The maximum Gasteiger partial charge on any atom is 0.311 e. The third-order valence-corrected chi connectivity index (χ3v) is 4.31. The van der Waals surface area contributed by atoms with Crippen LogP contribution in [0.5, 0.6) is 0 Å². The summed E-state index contributed by atoms with van der Waals surface area (Å²) in [4.78, 5) is 37.5. The first-order chi connectivity index (χ1) is 12.9. The van der Waals surface area contributed by atoms with Gasteiger partial charge in [-0.3, -0.25) is 14.4 Å². The van der Waals surface area contributed by atoms with Crippen molar-refractivity contribution >= 4 is 17.9 Å². The normalized spacial score (nSPS) is 28.4. The smallest absolute Gasteiger partial charge is 0.311 e. The Hall–Kier alpha value is -1.67. The summed E-state index contributed by atoms with van der Waals surface area (Å²) in [6.07, 6.45) is -5.97. The molecule has 1 rings (SSSR count). The predicted molar refractivity (Wildman–Crippen MR) is 105 cm³/mol. The van der Waals surface area contributed by atoms with Gasteiger partial charge < -0.3 is 24.1 Å². The van der Waals surface area contributed by atoms with Gasteiger partial charge in [0.1, 0.15) is 0 Å². The summed E-state index contributed by atoms with van der Waals surface area (Å²) in [6.45, 7) is 16.6. The van der Waals surface area contributed by atoms with E-state index in [2.05, 4.69) is 0 Å². The van der Waals surface area contributed by atoms with E-state index in [0.717, 1.165) is 0 Å². The van der Waals surface area contributed by atoms with Crippen molar-refractivity contribution in [3.8, 4) is 0 Å². The quantitative estimate of drug-likeness (QED) is 0.552. The van der Waals surface area contributed by atoms with Gasteiger partial charge in [0, 0.05) is 0 Å². The molecule has 0 aromatic carbocycles. The van der Waals surface area contributed by atoms with Gasteiger partial charge in [0.2, 0.25) is 0 Å². The lowest BCUT2D eigenvalue weighted by atomic mass is 9.93. The van der Waals surface area contributed by atoms with E-state index >= 15 is 0 Å². The highest BCUT2D eigenvalue weighted by Crippen LogP contribution is 2.32. The SMILES string of the molecule is C[C@H]1OC(O)[C@@H](OC(=O)C(C)(C)C)[C@@H](OC(=O)C(C)(C)C)[C@@H]1OC(=O)C(C)(C)C. The monoisotopic (exact) mass is 416 g/mol. The Kier molecular flexibility index (Phi) is 7.52. The highest BCUT2D eigenvalue weighted by Gasteiger charge is 2.52. The molecule has 0 aliphatic carbocycles. The summed E-state index contributed by atoms with van der Waals surface area (Å²) in [5.41, 5.74) is -2.53. The van der Waals surface area contributed by atoms with Gasteiger partial charge in [-0.15, -0.1) is 0 Å². The van der Waals surface area contributed by atoms with E-state index in [4.69, 9.17) is 18.9 Å². The van der Waals surface area contributed by atoms with Crippen LogP contribution in [0.15, 0.2) is 0 Å². The number of hydrogen-bond acceptors (Lipinski definition) is 8. The number of ether oxygens (including phenoxy) is 4. The van der Waals surface area contributed by atoms with E-state index < -0.39 is 64.9 Å². The van der Waals surface area contributed by atoms with Gasteiger partial charge in [-0.1, -0.05) is 0 Å². The molecule has 8 nitrogen and oxygen atoms in total. The van der Waals surface area contributed by atoms with Crippen molar-refractivity contribution in [3.63, 3.8) is 0 Å². The maximum atomic E-state index is 12.6. The van der Waals surface area contributed by atoms with Crippen molar-refractivity contribution in [2.24, 2.45) is 16.2 Å². The molecule has 168 valence electrons. The molecule has 1 fully saturated rings. The van der Waals surface area contributed by atoms with Crippen molar-refractivity contribution in [1.29, 1.82) is 0 Å². The number of rotatable bonds is 3. The lowest BCUT2D eigenvalue weighted by Crippen LogP contribution is -2.62. The van der Waals surface area contributed by atoms with E-state index in [0.29, 0.717) is 0 Å². The molecule has 1 aliphatic heterocycles. The Labute approximate surface area is 173 Å². The molecule has 0 spiro atoms. The van der Waals surface area contributed by atoms with Crippen LogP contribution in [-0.4, -0.2) is 53.7 Å². The fourth-order valence-corrected chi connectivity index (χ4v) is 2.31. The third kappa shape index (κ3) is 6.67. The van der Waals surface area contributed by atoms with Crippen molar-refractivity contribution in [2.45, 2.75) is 99.9 Å². The molecule has 1 unspecified atom stereocenters. The highest BCUT2D eigenvalue weighted by atomic mass is 16.7. The molecule has 8 heteroatoms. The Morgan fingerprint density at radius 1 is 0.655 bits per heavy atom. The Bertz CT molecular complexity index is 580. The zero-order valence-electron chi connectivity index (χ0n) is 19.2. The van der Waals surface area contributed by atoms with Crippen LogP contribution in [0.25, 0.3) is 0 Å².